The number of para-hydroxylation sites is 2. The van der Waals surface area contributed by atoms with Crippen LogP contribution in [0.3, 0.4) is 0 Å². The fourth-order valence-electron chi connectivity index (χ4n) is 3.63. The van der Waals surface area contributed by atoms with Gasteiger partial charge in [0.25, 0.3) is 0 Å². The Kier molecular flexibility index (Phi) is 4.71. The standard InChI is InChI=1S/C21H22FN3O/c1-26-20-7-3-2-6-19(20)25-11-9-24(10-12-25)15-17-14-18(22)13-16-5-4-8-23-21(16)17/h2-8,13-14H,9-12,15H2,1H3. The van der Waals surface area contributed by atoms with Gasteiger partial charge in [-0.3, -0.25) is 9.88 Å². The van der Waals surface area contributed by atoms with Crippen molar-refractivity contribution in [2.45, 2.75) is 6.54 Å². The number of rotatable bonds is 4. The van der Waals surface area contributed by atoms with E-state index in [1.807, 2.05) is 30.3 Å². The zero-order valence-electron chi connectivity index (χ0n) is 14.9. The molecule has 1 aliphatic heterocycles. The number of ether oxygens (including phenoxy) is 1. The molecule has 0 spiro atoms. The highest BCUT2D eigenvalue weighted by molar-refractivity contribution is 5.81. The number of piperazine rings is 1. The van der Waals surface area contributed by atoms with Crippen molar-refractivity contribution in [2.75, 3.05) is 38.2 Å². The van der Waals surface area contributed by atoms with Crippen molar-refractivity contribution in [1.29, 1.82) is 0 Å². The van der Waals surface area contributed by atoms with Crippen LogP contribution >= 0.6 is 0 Å². The Bertz CT molecular complexity index is 907. The number of halogens is 1. The molecular formula is C21H22FN3O. The molecular weight excluding hydrogens is 329 g/mol. The third kappa shape index (κ3) is 3.35. The summed E-state index contributed by atoms with van der Waals surface area (Å²) in [6.07, 6.45) is 1.77. The highest BCUT2D eigenvalue weighted by Gasteiger charge is 2.20. The Hall–Kier alpha value is -2.66. The van der Waals surface area contributed by atoms with Crippen LogP contribution in [0.15, 0.2) is 54.7 Å². The molecule has 2 heterocycles. The summed E-state index contributed by atoms with van der Waals surface area (Å²) in [6, 6.07) is 15.0. The molecule has 2 aromatic carbocycles. The minimum atomic E-state index is -0.201. The van der Waals surface area contributed by atoms with Gasteiger partial charge in [-0.25, -0.2) is 4.39 Å². The van der Waals surface area contributed by atoms with Gasteiger partial charge in [0, 0.05) is 44.3 Å². The summed E-state index contributed by atoms with van der Waals surface area (Å²) >= 11 is 0. The van der Waals surface area contributed by atoms with Crippen molar-refractivity contribution >= 4 is 16.6 Å². The van der Waals surface area contributed by atoms with Gasteiger partial charge in [-0.1, -0.05) is 18.2 Å². The largest absolute Gasteiger partial charge is 0.495 e. The summed E-state index contributed by atoms with van der Waals surface area (Å²) in [6.45, 7) is 4.39. The molecule has 26 heavy (non-hydrogen) atoms. The Morgan fingerprint density at radius 3 is 2.65 bits per heavy atom. The maximum Gasteiger partial charge on any atom is 0.142 e. The molecule has 0 bridgehead atoms. The lowest BCUT2D eigenvalue weighted by molar-refractivity contribution is 0.249. The van der Waals surface area contributed by atoms with E-state index in [9.17, 15) is 4.39 Å². The average Bonchev–Trinajstić information content (AvgIpc) is 2.68. The Balaban J connectivity index is 1.48. The molecule has 0 saturated carbocycles. The molecule has 0 aliphatic carbocycles. The van der Waals surface area contributed by atoms with Crippen molar-refractivity contribution in [2.24, 2.45) is 0 Å². The van der Waals surface area contributed by atoms with Gasteiger partial charge < -0.3 is 9.64 Å². The molecule has 1 fully saturated rings. The number of nitrogens with zero attached hydrogens (tertiary/aromatic N) is 3. The van der Waals surface area contributed by atoms with E-state index in [1.54, 1.807) is 25.4 Å². The molecule has 0 atom stereocenters. The van der Waals surface area contributed by atoms with Gasteiger partial charge in [0.05, 0.1) is 18.3 Å². The van der Waals surface area contributed by atoms with E-state index in [0.717, 1.165) is 54.1 Å². The molecule has 134 valence electrons. The smallest absolute Gasteiger partial charge is 0.142 e. The molecule has 1 aromatic heterocycles. The third-order valence-corrected chi connectivity index (χ3v) is 4.94. The summed E-state index contributed by atoms with van der Waals surface area (Å²) in [5, 5.41) is 0.857. The molecule has 1 aliphatic rings. The average molecular weight is 351 g/mol. The molecule has 0 N–H and O–H groups in total. The zero-order chi connectivity index (χ0) is 17.9. The van der Waals surface area contributed by atoms with E-state index in [-0.39, 0.29) is 5.82 Å². The maximum atomic E-state index is 13.9. The van der Waals surface area contributed by atoms with Crippen molar-refractivity contribution in [3.05, 3.63) is 66.1 Å². The van der Waals surface area contributed by atoms with Crippen LogP contribution in [-0.4, -0.2) is 43.2 Å². The van der Waals surface area contributed by atoms with Gasteiger partial charge in [-0.2, -0.15) is 0 Å². The van der Waals surface area contributed by atoms with E-state index in [1.165, 1.54) is 0 Å². The van der Waals surface area contributed by atoms with Crippen molar-refractivity contribution in [3.63, 3.8) is 0 Å². The van der Waals surface area contributed by atoms with Gasteiger partial charge >= 0.3 is 0 Å². The molecule has 5 heteroatoms. The lowest BCUT2D eigenvalue weighted by Crippen LogP contribution is -2.46. The van der Waals surface area contributed by atoms with Crippen LogP contribution < -0.4 is 9.64 Å². The Morgan fingerprint density at radius 1 is 1.04 bits per heavy atom. The first-order chi connectivity index (χ1) is 12.7. The minimum Gasteiger partial charge on any atom is -0.495 e. The Labute approximate surface area is 152 Å². The lowest BCUT2D eigenvalue weighted by atomic mass is 10.1. The second kappa shape index (κ2) is 7.30. The van der Waals surface area contributed by atoms with E-state index in [2.05, 4.69) is 20.9 Å². The normalized spacial score (nSPS) is 15.4. The number of pyridine rings is 1. The number of aromatic nitrogens is 1. The molecule has 4 nitrogen and oxygen atoms in total. The predicted molar refractivity (Wildman–Crippen MR) is 102 cm³/mol. The van der Waals surface area contributed by atoms with E-state index < -0.39 is 0 Å². The second-order valence-electron chi connectivity index (χ2n) is 6.58. The van der Waals surface area contributed by atoms with Crippen LogP contribution in [0.4, 0.5) is 10.1 Å². The van der Waals surface area contributed by atoms with Crippen molar-refractivity contribution < 1.29 is 9.13 Å². The molecule has 1 saturated heterocycles. The quantitative estimate of drug-likeness (QED) is 0.717. The topological polar surface area (TPSA) is 28.6 Å². The SMILES string of the molecule is COc1ccccc1N1CCN(Cc2cc(F)cc3cccnc23)CC1. The van der Waals surface area contributed by atoms with Crippen LogP contribution in [0.2, 0.25) is 0 Å². The van der Waals surface area contributed by atoms with Crippen molar-refractivity contribution in [3.8, 4) is 5.75 Å². The maximum absolute atomic E-state index is 13.9. The lowest BCUT2D eigenvalue weighted by Gasteiger charge is -2.36. The van der Waals surface area contributed by atoms with E-state index >= 15 is 0 Å². The monoisotopic (exact) mass is 351 g/mol. The second-order valence-corrected chi connectivity index (χ2v) is 6.58. The minimum absolute atomic E-state index is 0.201. The van der Waals surface area contributed by atoms with Crippen LogP contribution in [0.1, 0.15) is 5.56 Å². The zero-order valence-corrected chi connectivity index (χ0v) is 14.9. The van der Waals surface area contributed by atoms with Gasteiger partial charge in [-0.15, -0.1) is 0 Å². The summed E-state index contributed by atoms with van der Waals surface area (Å²) in [5.74, 6) is 0.703. The molecule has 0 amide bonds. The number of benzene rings is 2. The fraction of sp³-hybridized carbons (Fsp3) is 0.286. The van der Waals surface area contributed by atoms with Crippen LogP contribution in [0.5, 0.6) is 5.75 Å². The van der Waals surface area contributed by atoms with Crippen molar-refractivity contribution in [1.82, 2.24) is 9.88 Å². The third-order valence-electron chi connectivity index (χ3n) is 4.94. The van der Waals surface area contributed by atoms with Crippen LogP contribution in [0, 0.1) is 5.82 Å². The predicted octanol–water partition coefficient (Wildman–Crippen LogP) is 3.70. The summed E-state index contributed by atoms with van der Waals surface area (Å²) in [4.78, 5) is 9.15. The molecule has 0 radical (unpaired) electrons. The first-order valence-corrected chi connectivity index (χ1v) is 8.88. The Morgan fingerprint density at radius 2 is 1.85 bits per heavy atom. The molecule has 4 rings (SSSR count). The highest BCUT2D eigenvalue weighted by Crippen LogP contribution is 2.29. The van der Waals surface area contributed by atoms with Crippen LogP contribution in [-0.2, 0) is 6.54 Å². The first-order valence-electron chi connectivity index (χ1n) is 8.88. The summed E-state index contributed by atoms with van der Waals surface area (Å²) < 4.78 is 19.4. The number of methoxy groups -OCH3 is 1. The van der Waals surface area contributed by atoms with Crippen LogP contribution in [0.25, 0.3) is 10.9 Å². The first kappa shape index (κ1) is 16.8. The fourth-order valence-corrected chi connectivity index (χ4v) is 3.63. The summed E-state index contributed by atoms with van der Waals surface area (Å²) in [5.41, 5.74) is 2.97. The number of anilines is 1. The molecule has 0 unspecified atom stereocenters. The van der Waals surface area contributed by atoms with Gasteiger partial charge in [0.2, 0.25) is 0 Å². The van der Waals surface area contributed by atoms with Gasteiger partial charge in [0.15, 0.2) is 0 Å². The number of hydrogen-bond donors (Lipinski definition) is 0. The number of fused-ring (bicyclic) bond motifs is 1. The van der Waals surface area contributed by atoms with E-state index in [0.29, 0.717) is 6.54 Å². The van der Waals surface area contributed by atoms with Gasteiger partial charge in [-0.05, 0) is 35.9 Å². The van der Waals surface area contributed by atoms with E-state index in [4.69, 9.17) is 4.74 Å². The highest BCUT2D eigenvalue weighted by atomic mass is 19.1. The molecule has 3 aromatic rings. The number of hydrogen-bond acceptors (Lipinski definition) is 4. The summed E-state index contributed by atoms with van der Waals surface area (Å²) in [7, 11) is 1.71. The van der Waals surface area contributed by atoms with Gasteiger partial charge in [0.1, 0.15) is 11.6 Å².